The van der Waals surface area contributed by atoms with Crippen molar-refractivity contribution >= 4 is 0 Å². The van der Waals surface area contributed by atoms with E-state index in [2.05, 4.69) is 6.07 Å². The van der Waals surface area contributed by atoms with Crippen LogP contribution in [0.2, 0.25) is 0 Å². The highest BCUT2D eigenvalue weighted by molar-refractivity contribution is 5.58. The van der Waals surface area contributed by atoms with Crippen LogP contribution in [0.25, 0.3) is 0 Å². The highest BCUT2D eigenvalue weighted by Gasteiger charge is 2.27. The van der Waals surface area contributed by atoms with Crippen LogP contribution < -0.4 is 5.73 Å². The van der Waals surface area contributed by atoms with Crippen molar-refractivity contribution in [2.24, 2.45) is 5.73 Å². The number of phenolic OH excluding ortho intramolecular Hbond substituents is 2. The molecule has 0 amide bonds. The van der Waals surface area contributed by atoms with Crippen LogP contribution in [0.5, 0.6) is 11.5 Å². The molecule has 1 atom stereocenters. The number of nitrogens with two attached hydrogens (primary N) is 1. The lowest BCUT2D eigenvalue weighted by Gasteiger charge is -2.28. The molecule has 2 aromatic rings. The molecule has 1 aliphatic carbocycles. The molecule has 1 unspecified atom stereocenters. The Hall–Kier alpha value is -2.00. The summed E-state index contributed by atoms with van der Waals surface area (Å²) in [5.74, 6) is 0.0146. The van der Waals surface area contributed by atoms with Gasteiger partial charge in [0.05, 0.1) is 0 Å². The van der Waals surface area contributed by atoms with E-state index in [0.29, 0.717) is 13.0 Å². The molecule has 18 heavy (non-hydrogen) atoms. The summed E-state index contributed by atoms with van der Waals surface area (Å²) in [6.07, 6.45) is 0.641. The summed E-state index contributed by atoms with van der Waals surface area (Å²) in [5, 5.41) is 19.6. The van der Waals surface area contributed by atoms with Crippen molar-refractivity contribution in [2.45, 2.75) is 12.3 Å². The van der Waals surface area contributed by atoms with Gasteiger partial charge in [0.1, 0.15) is 0 Å². The minimum Gasteiger partial charge on any atom is -0.504 e. The van der Waals surface area contributed by atoms with E-state index in [-0.39, 0.29) is 17.4 Å². The third-order valence-corrected chi connectivity index (χ3v) is 3.71. The van der Waals surface area contributed by atoms with Crippen molar-refractivity contribution in [1.29, 1.82) is 0 Å². The quantitative estimate of drug-likeness (QED) is 0.670. The molecule has 4 N–H and O–H groups in total. The van der Waals surface area contributed by atoms with Crippen LogP contribution >= 0.6 is 0 Å². The number of benzene rings is 2. The Morgan fingerprint density at radius 2 is 1.83 bits per heavy atom. The molecule has 92 valence electrons. The van der Waals surface area contributed by atoms with E-state index < -0.39 is 0 Å². The average Bonchev–Trinajstić information content (AvgIpc) is 2.41. The van der Waals surface area contributed by atoms with E-state index in [9.17, 15) is 10.2 Å². The van der Waals surface area contributed by atoms with Gasteiger partial charge in [-0.3, -0.25) is 0 Å². The zero-order chi connectivity index (χ0) is 12.7. The second-order valence-electron chi connectivity index (χ2n) is 4.66. The standard InChI is InChI=1S/C15H15NO2/c16-8-13-10-4-2-1-3-9(10)7-12-11(13)5-6-14(17)15(12)18/h1-6,13,17-18H,7-8,16H2. The Labute approximate surface area is 106 Å². The molecule has 0 saturated heterocycles. The molecule has 3 heteroatoms. The lowest BCUT2D eigenvalue weighted by atomic mass is 9.78. The van der Waals surface area contributed by atoms with Gasteiger partial charge in [0.2, 0.25) is 0 Å². The van der Waals surface area contributed by atoms with Gasteiger partial charge < -0.3 is 15.9 Å². The Morgan fingerprint density at radius 1 is 1.06 bits per heavy atom. The summed E-state index contributed by atoms with van der Waals surface area (Å²) in [6, 6.07) is 11.5. The summed E-state index contributed by atoms with van der Waals surface area (Å²) in [5.41, 5.74) is 10.1. The van der Waals surface area contributed by atoms with E-state index >= 15 is 0 Å². The van der Waals surface area contributed by atoms with Gasteiger partial charge in [-0.1, -0.05) is 30.3 Å². The molecule has 0 aromatic heterocycles. The molecule has 0 spiro atoms. The van der Waals surface area contributed by atoms with Crippen molar-refractivity contribution in [3.05, 3.63) is 58.7 Å². The Balaban J connectivity index is 2.23. The lowest BCUT2D eigenvalue weighted by Crippen LogP contribution is -2.21. The van der Waals surface area contributed by atoms with Crippen molar-refractivity contribution < 1.29 is 10.2 Å². The predicted molar refractivity (Wildman–Crippen MR) is 69.9 cm³/mol. The van der Waals surface area contributed by atoms with Gasteiger partial charge in [0.25, 0.3) is 0 Å². The molecule has 0 fully saturated rings. The summed E-state index contributed by atoms with van der Waals surface area (Å²) in [4.78, 5) is 0. The van der Waals surface area contributed by atoms with Crippen molar-refractivity contribution in [1.82, 2.24) is 0 Å². The first-order chi connectivity index (χ1) is 8.72. The van der Waals surface area contributed by atoms with Crippen LogP contribution in [-0.4, -0.2) is 16.8 Å². The van der Waals surface area contributed by atoms with E-state index in [1.165, 1.54) is 17.2 Å². The molecule has 0 heterocycles. The Bertz CT molecular complexity index is 607. The molecule has 1 aliphatic rings. The summed E-state index contributed by atoms with van der Waals surface area (Å²) >= 11 is 0. The fourth-order valence-corrected chi connectivity index (χ4v) is 2.80. The SMILES string of the molecule is NCC1c2ccccc2Cc2c1ccc(O)c2O. The third-order valence-electron chi connectivity index (χ3n) is 3.71. The number of aromatic hydroxyl groups is 2. The maximum atomic E-state index is 9.99. The third kappa shape index (κ3) is 1.48. The topological polar surface area (TPSA) is 66.5 Å². The molecular weight excluding hydrogens is 226 g/mol. The molecule has 0 saturated carbocycles. The monoisotopic (exact) mass is 241 g/mol. The summed E-state index contributed by atoms with van der Waals surface area (Å²) < 4.78 is 0. The van der Waals surface area contributed by atoms with Crippen LogP contribution in [0.3, 0.4) is 0 Å². The first-order valence-corrected chi connectivity index (χ1v) is 6.04. The van der Waals surface area contributed by atoms with Gasteiger partial charge in [-0.15, -0.1) is 0 Å². The van der Waals surface area contributed by atoms with Crippen LogP contribution in [0, 0.1) is 0 Å². The number of phenols is 2. The van der Waals surface area contributed by atoms with Crippen molar-refractivity contribution in [2.75, 3.05) is 6.54 Å². The lowest BCUT2D eigenvalue weighted by molar-refractivity contribution is 0.398. The van der Waals surface area contributed by atoms with E-state index in [1.54, 1.807) is 0 Å². The van der Waals surface area contributed by atoms with Crippen molar-refractivity contribution in [3.63, 3.8) is 0 Å². The summed E-state index contributed by atoms with van der Waals surface area (Å²) in [7, 11) is 0. The van der Waals surface area contributed by atoms with Crippen LogP contribution in [0.15, 0.2) is 36.4 Å². The van der Waals surface area contributed by atoms with Crippen LogP contribution in [-0.2, 0) is 6.42 Å². The molecule has 0 bridgehead atoms. The minimum absolute atomic E-state index is 0.0135. The highest BCUT2D eigenvalue weighted by Crippen LogP contribution is 2.42. The van der Waals surface area contributed by atoms with Gasteiger partial charge in [-0.2, -0.15) is 0 Å². The second kappa shape index (κ2) is 4.03. The second-order valence-corrected chi connectivity index (χ2v) is 4.66. The minimum atomic E-state index is -0.0658. The molecule has 3 nitrogen and oxygen atoms in total. The number of rotatable bonds is 1. The number of fused-ring (bicyclic) bond motifs is 2. The molecular formula is C15H15NO2. The fraction of sp³-hybridized carbons (Fsp3) is 0.200. The fourth-order valence-electron chi connectivity index (χ4n) is 2.80. The van der Waals surface area contributed by atoms with Gasteiger partial charge in [-0.05, 0) is 22.8 Å². The zero-order valence-corrected chi connectivity index (χ0v) is 9.93. The van der Waals surface area contributed by atoms with E-state index in [1.807, 2.05) is 24.3 Å². The molecule has 0 aliphatic heterocycles. The number of hydrogen-bond donors (Lipinski definition) is 3. The predicted octanol–water partition coefficient (Wildman–Crippen LogP) is 2.09. The van der Waals surface area contributed by atoms with Gasteiger partial charge in [-0.25, -0.2) is 0 Å². The molecule has 2 aromatic carbocycles. The Morgan fingerprint density at radius 3 is 2.61 bits per heavy atom. The van der Waals surface area contributed by atoms with E-state index in [4.69, 9.17) is 5.73 Å². The van der Waals surface area contributed by atoms with Gasteiger partial charge in [0, 0.05) is 24.4 Å². The highest BCUT2D eigenvalue weighted by atomic mass is 16.3. The maximum absolute atomic E-state index is 9.99. The zero-order valence-electron chi connectivity index (χ0n) is 9.93. The van der Waals surface area contributed by atoms with Crippen LogP contribution in [0.1, 0.15) is 28.2 Å². The maximum Gasteiger partial charge on any atom is 0.161 e. The van der Waals surface area contributed by atoms with Crippen LogP contribution in [0.4, 0.5) is 0 Å². The first kappa shape index (κ1) is 11.1. The molecule has 0 radical (unpaired) electrons. The smallest absolute Gasteiger partial charge is 0.161 e. The van der Waals surface area contributed by atoms with Crippen molar-refractivity contribution in [3.8, 4) is 11.5 Å². The summed E-state index contributed by atoms with van der Waals surface area (Å²) in [6.45, 7) is 0.494. The normalized spacial score (nSPS) is 17.1. The molecule has 3 rings (SSSR count). The number of hydrogen-bond acceptors (Lipinski definition) is 3. The van der Waals surface area contributed by atoms with Gasteiger partial charge >= 0.3 is 0 Å². The first-order valence-electron chi connectivity index (χ1n) is 6.04. The largest absolute Gasteiger partial charge is 0.504 e. The Kier molecular flexibility index (Phi) is 2.49. The van der Waals surface area contributed by atoms with Gasteiger partial charge in [0.15, 0.2) is 11.5 Å². The van der Waals surface area contributed by atoms with E-state index in [0.717, 1.165) is 11.1 Å². The average molecular weight is 241 g/mol.